The van der Waals surface area contributed by atoms with E-state index in [4.69, 9.17) is 9.78 Å². The highest BCUT2D eigenvalue weighted by molar-refractivity contribution is 5.55. The number of hydrogen-bond acceptors (Lipinski definition) is 5. The predicted octanol–water partition coefficient (Wildman–Crippen LogP) is 4.25. The van der Waals surface area contributed by atoms with Crippen LogP contribution in [0, 0.1) is 24.1 Å². The summed E-state index contributed by atoms with van der Waals surface area (Å²) >= 11 is 0. The molecule has 0 aliphatic carbocycles. The van der Waals surface area contributed by atoms with Crippen molar-refractivity contribution in [2.45, 2.75) is 26.4 Å². The van der Waals surface area contributed by atoms with Gasteiger partial charge in [-0.05, 0) is 62.4 Å². The van der Waals surface area contributed by atoms with Gasteiger partial charge in [-0.3, -0.25) is 4.90 Å². The zero-order valence-corrected chi connectivity index (χ0v) is 14.9. The first-order valence-corrected chi connectivity index (χ1v) is 8.27. The van der Waals surface area contributed by atoms with Crippen LogP contribution in [0.2, 0.25) is 0 Å². The quantitative estimate of drug-likeness (QED) is 0.688. The number of halogens is 1. The molecule has 132 valence electrons. The molecule has 1 aromatic heterocycles. The number of nitrogens with zero attached hydrogens (tertiary/aromatic N) is 4. The molecule has 5 nitrogen and oxygen atoms in total. The minimum Gasteiger partial charge on any atom is -0.337 e. The van der Waals surface area contributed by atoms with E-state index in [1.54, 1.807) is 25.1 Å². The van der Waals surface area contributed by atoms with E-state index in [0.717, 1.165) is 11.1 Å². The maximum atomic E-state index is 13.4. The molecule has 0 aliphatic heterocycles. The van der Waals surface area contributed by atoms with Crippen LogP contribution in [0.25, 0.3) is 11.4 Å². The molecule has 0 saturated heterocycles. The highest BCUT2D eigenvalue weighted by atomic mass is 19.1. The zero-order chi connectivity index (χ0) is 18.7. The maximum Gasteiger partial charge on any atom is 0.244 e. The first-order chi connectivity index (χ1) is 12.5. The molecule has 26 heavy (non-hydrogen) atoms. The molecule has 1 heterocycles. The van der Waals surface area contributed by atoms with Gasteiger partial charge in [0.05, 0.1) is 17.7 Å². The van der Waals surface area contributed by atoms with Crippen molar-refractivity contribution in [3.63, 3.8) is 0 Å². The number of hydrogen-bond donors (Lipinski definition) is 0. The van der Waals surface area contributed by atoms with Crippen LogP contribution >= 0.6 is 0 Å². The van der Waals surface area contributed by atoms with Crippen LogP contribution in [0.5, 0.6) is 0 Å². The summed E-state index contributed by atoms with van der Waals surface area (Å²) in [5.41, 5.74) is 2.93. The van der Waals surface area contributed by atoms with Gasteiger partial charge < -0.3 is 4.52 Å². The van der Waals surface area contributed by atoms with Crippen molar-refractivity contribution >= 4 is 0 Å². The molecular formula is C20H19FN4O. The normalized spacial score (nSPS) is 12.2. The maximum absolute atomic E-state index is 13.4. The molecular weight excluding hydrogens is 331 g/mol. The second kappa shape index (κ2) is 7.46. The Morgan fingerprint density at radius 2 is 2.08 bits per heavy atom. The fourth-order valence-electron chi connectivity index (χ4n) is 2.66. The molecule has 0 fully saturated rings. The van der Waals surface area contributed by atoms with Gasteiger partial charge in [-0.25, -0.2) is 4.39 Å². The van der Waals surface area contributed by atoms with E-state index < -0.39 is 0 Å². The topological polar surface area (TPSA) is 66.0 Å². The Morgan fingerprint density at radius 1 is 1.27 bits per heavy atom. The van der Waals surface area contributed by atoms with Gasteiger partial charge in [0.25, 0.3) is 0 Å². The highest BCUT2D eigenvalue weighted by Crippen LogP contribution is 2.24. The molecule has 0 radical (unpaired) electrons. The summed E-state index contributed by atoms with van der Waals surface area (Å²) < 4.78 is 18.8. The van der Waals surface area contributed by atoms with Gasteiger partial charge in [0.15, 0.2) is 0 Å². The zero-order valence-electron chi connectivity index (χ0n) is 14.9. The molecule has 6 heteroatoms. The predicted molar refractivity (Wildman–Crippen MR) is 95.5 cm³/mol. The van der Waals surface area contributed by atoms with Gasteiger partial charge in [0.2, 0.25) is 11.7 Å². The van der Waals surface area contributed by atoms with Gasteiger partial charge in [0.1, 0.15) is 5.82 Å². The summed E-state index contributed by atoms with van der Waals surface area (Å²) in [5, 5.41) is 13.0. The lowest BCUT2D eigenvalue weighted by molar-refractivity contribution is 0.202. The second-order valence-corrected chi connectivity index (χ2v) is 6.32. The van der Waals surface area contributed by atoms with Crippen LogP contribution in [0.15, 0.2) is 47.0 Å². The van der Waals surface area contributed by atoms with E-state index in [9.17, 15) is 4.39 Å². The summed E-state index contributed by atoms with van der Waals surface area (Å²) in [5.74, 6) is 0.668. The fourth-order valence-corrected chi connectivity index (χ4v) is 2.66. The van der Waals surface area contributed by atoms with Gasteiger partial charge in [-0.2, -0.15) is 10.2 Å². The molecule has 3 aromatic rings. The third-order valence-electron chi connectivity index (χ3n) is 4.36. The van der Waals surface area contributed by atoms with Crippen LogP contribution in [0.4, 0.5) is 4.39 Å². The van der Waals surface area contributed by atoms with Crippen LogP contribution in [0.1, 0.15) is 35.5 Å². The van der Waals surface area contributed by atoms with E-state index >= 15 is 0 Å². The summed E-state index contributed by atoms with van der Waals surface area (Å²) in [6.45, 7) is 4.32. The minimum atomic E-state index is -0.259. The summed E-state index contributed by atoms with van der Waals surface area (Å²) in [6.07, 6.45) is 0. The van der Waals surface area contributed by atoms with Crippen molar-refractivity contribution in [3.05, 3.63) is 70.9 Å². The van der Waals surface area contributed by atoms with Crippen molar-refractivity contribution in [2.24, 2.45) is 0 Å². The third kappa shape index (κ3) is 3.79. The van der Waals surface area contributed by atoms with Gasteiger partial charge in [-0.1, -0.05) is 17.3 Å². The van der Waals surface area contributed by atoms with Crippen molar-refractivity contribution in [1.82, 2.24) is 15.0 Å². The molecule has 0 spiro atoms. The Bertz CT molecular complexity index is 960. The smallest absolute Gasteiger partial charge is 0.244 e. The molecule has 0 N–H and O–H groups in total. The van der Waals surface area contributed by atoms with E-state index in [1.807, 2.05) is 32.2 Å². The summed E-state index contributed by atoms with van der Waals surface area (Å²) in [6, 6.07) is 14.3. The van der Waals surface area contributed by atoms with Crippen LogP contribution < -0.4 is 0 Å². The van der Waals surface area contributed by atoms with Crippen LogP contribution in [0.3, 0.4) is 0 Å². The number of aryl methyl sites for hydroxylation is 1. The molecule has 2 aromatic carbocycles. The van der Waals surface area contributed by atoms with Crippen LogP contribution in [-0.2, 0) is 6.54 Å². The largest absolute Gasteiger partial charge is 0.337 e. The monoisotopic (exact) mass is 350 g/mol. The number of rotatable bonds is 5. The van der Waals surface area contributed by atoms with E-state index in [0.29, 0.717) is 29.4 Å². The molecule has 1 atom stereocenters. The highest BCUT2D eigenvalue weighted by Gasteiger charge is 2.20. The molecule has 3 rings (SSSR count). The second-order valence-electron chi connectivity index (χ2n) is 6.32. The average Bonchev–Trinajstić information content (AvgIpc) is 3.13. The van der Waals surface area contributed by atoms with E-state index in [2.05, 4.69) is 21.1 Å². The lowest BCUT2D eigenvalue weighted by atomic mass is 10.1. The number of nitriles is 1. The molecule has 0 aliphatic rings. The van der Waals surface area contributed by atoms with Gasteiger partial charge in [0, 0.05) is 12.1 Å². The van der Waals surface area contributed by atoms with Crippen molar-refractivity contribution in [1.29, 1.82) is 5.26 Å². The minimum absolute atomic E-state index is 0.108. The standard InChI is InChI=1S/C20H19FN4O/c1-13-9-17(7-8-18(13)21)19-23-20(26-24-19)14(2)25(3)12-16-6-4-5-15(10-16)11-22/h4-10,14H,12H2,1-3H3. The van der Waals surface area contributed by atoms with Crippen molar-refractivity contribution < 1.29 is 8.91 Å². The Hall–Kier alpha value is -3.04. The molecule has 0 bridgehead atoms. The lowest BCUT2D eigenvalue weighted by Crippen LogP contribution is -2.22. The van der Waals surface area contributed by atoms with E-state index in [-0.39, 0.29) is 11.9 Å². The number of aromatic nitrogens is 2. The van der Waals surface area contributed by atoms with Gasteiger partial charge in [-0.15, -0.1) is 0 Å². The first-order valence-electron chi connectivity index (χ1n) is 8.27. The lowest BCUT2D eigenvalue weighted by Gasteiger charge is -2.21. The van der Waals surface area contributed by atoms with Crippen molar-refractivity contribution in [2.75, 3.05) is 7.05 Å². The third-order valence-corrected chi connectivity index (χ3v) is 4.36. The van der Waals surface area contributed by atoms with Gasteiger partial charge >= 0.3 is 0 Å². The SMILES string of the molecule is Cc1cc(-c2noc(C(C)N(C)Cc3cccc(C#N)c3)n2)ccc1F. The first kappa shape index (κ1) is 17.8. The molecule has 1 unspecified atom stereocenters. The molecule has 0 saturated carbocycles. The average molecular weight is 350 g/mol. The molecule has 0 amide bonds. The Morgan fingerprint density at radius 3 is 2.81 bits per heavy atom. The number of benzene rings is 2. The Balaban J connectivity index is 1.75. The Kier molecular flexibility index (Phi) is 5.10. The van der Waals surface area contributed by atoms with E-state index in [1.165, 1.54) is 6.07 Å². The summed E-state index contributed by atoms with van der Waals surface area (Å²) in [7, 11) is 1.95. The summed E-state index contributed by atoms with van der Waals surface area (Å²) in [4.78, 5) is 6.51. The van der Waals surface area contributed by atoms with Crippen molar-refractivity contribution in [3.8, 4) is 17.5 Å². The fraction of sp³-hybridized carbons (Fsp3) is 0.250. The Labute approximate surface area is 151 Å². The van der Waals surface area contributed by atoms with Crippen LogP contribution in [-0.4, -0.2) is 22.1 Å².